The molecule has 0 spiro atoms. The number of rotatable bonds is 3. The zero-order chi connectivity index (χ0) is 13.1. The van der Waals surface area contributed by atoms with Gasteiger partial charge < -0.3 is 15.1 Å². The Labute approximate surface area is 106 Å². The summed E-state index contributed by atoms with van der Waals surface area (Å²) in [6.45, 7) is 2.36. The average molecular weight is 244 g/mol. The molecule has 1 aromatic carbocycles. The Bertz CT molecular complexity index is 547. The summed E-state index contributed by atoms with van der Waals surface area (Å²) < 4.78 is 5.21. The van der Waals surface area contributed by atoms with Crippen LogP contribution in [-0.4, -0.2) is 17.9 Å². The maximum atomic E-state index is 12.2. The lowest BCUT2D eigenvalue weighted by Crippen LogP contribution is -2.26. The molecular formula is C14H16N2O2. The molecule has 0 saturated carbocycles. The number of amides is 1. The molecular weight excluding hydrogens is 228 g/mol. The zero-order valence-corrected chi connectivity index (χ0v) is 10.5. The van der Waals surface area contributed by atoms with Crippen molar-refractivity contribution in [3.8, 4) is 0 Å². The van der Waals surface area contributed by atoms with Crippen LogP contribution in [0.2, 0.25) is 0 Å². The summed E-state index contributed by atoms with van der Waals surface area (Å²) in [6.07, 6.45) is 1.59. The van der Waals surface area contributed by atoms with Crippen LogP contribution < -0.4 is 5.73 Å². The number of carbonyl (C=O) groups is 1. The highest BCUT2D eigenvalue weighted by atomic mass is 16.3. The van der Waals surface area contributed by atoms with Crippen LogP contribution in [0.3, 0.4) is 0 Å². The molecule has 18 heavy (non-hydrogen) atoms. The number of hydrogen-bond acceptors (Lipinski definition) is 3. The van der Waals surface area contributed by atoms with Gasteiger partial charge in [-0.15, -0.1) is 0 Å². The van der Waals surface area contributed by atoms with E-state index in [0.29, 0.717) is 17.8 Å². The second kappa shape index (κ2) is 4.96. The minimum Gasteiger partial charge on any atom is -0.467 e. The van der Waals surface area contributed by atoms with E-state index in [1.54, 1.807) is 36.4 Å². The first-order valence-corrected chi connectivity index (χ1v) is 5.72. The second-order valence-corrected chi connectivity index (χ2v) is 4.31. The van der Waals surface area contributed by atoms with Crippen molar-refractivity contribution in [2.24, 2.45) is 0 Å². The highest BCUT2D eigenvalue weighted by Gasteiger charge is 2.13. The summed E-state index contributed by atoms with van der Waals surface area (Å²) in [7, 11) is 1.74. The summed E-state index contributed by atoms with van der Waals surface area (Å²) >= 11 is 0. The predicted molar refractivity (Wildman–Crippen MR) is 70.1 cm³/mol. The van der Waals surface area contributed by atoms with Gasteiger partial charge in [-0.05, 0) is 36.8 Å². The Kier molecular flexibility index (Phi) is 3.37. The van der Waals surface area contributed by atoms with E-state index in [-0.39, 0.29) is 5.91 Å². The number of nitrogen functional groups attached to an aromatic ring is 1. The van der Waals surface area contributed by atoms with E-state index >= 15 is 0 Å². The third-order valence-electron chi connectivity index (χ3n) is 2.85. The van der Waals surface area contributed by atoms with Gasteiger partial charge in [-0.1, -0.05) is 6.07 Å². The number of furan rings is 1. The summed E-state index contributed by atoms with van der Waals surface area (Å²) in [4.78, 5) is 13.8. The fourth-order valence-corrected chi connectivity index (χ4v) is 1.70. The molecule has 2 rings (SSSR count). The molecule has 2 aromatic rings. The monoisotopic (exact) mass is 244 g/mol. The molecule has 0 unspecified atom stereocenters. The van der Waals surface area contributed by atoms with Crippen LogP contribution >= 0.6 is 0 Å². The normalized spacial score (nSPS) is 10.3. The third-order valence-corrected chi connectivity index (χ3v) is 2.85. The Morgan fingerprint density at radius 2 is 2.17 bits per heavy atom. The van der Waals surface area contributed by atoms with Crippen molar-refractivity contribution < 1.29 is 9.21 Å². The molecule has 0 saturated heterocycles. The number of hydrogen-bond donors (Lipinski definition) is 1. The van der Waals surface area contributed by atoms with Gasteiger partial charge in [-0.25, -0.2) is 0 Å². The quantitative estimate of drug-likeness (QED) is 0.844. The Morgan fingerprint density at radius 1 is 1.39 bits per heavy atom. The van der Waals surface area contributed by atoms with Gasteiger partial charge in [-0.3, -0.25) is 4.79 Å². The maximum absolute atomic E-state index is 12.2. The molecule has 1 aromatic heterocycles. The summed E-state index contributed by atoms with van der Waals surface area (Å²) in [6, 6.07) is 8.98. The number of aryl methyl sites for hydroxylation is 1. The average Bonchev–Trinajstić information content (AvgIpc) is 2.84. The number of nitrogens with two attached hydrogens (primary N) is 1. The van der Waals surface area contributed by atoms with Gasteiger partial charge in [0.05, 0.1) is 12.8 Å². The van der Waals surface area contributed by atoms with Crippen LogP contribution in [0.1, 0.15) is 21.7 Å². The van der Waals surface area contributed by atoms with Gasteiger partial charge in [0.15, 0.2) is 0 Å². The van der Waals surface area contributed by atoms with Crippen LogP contribution in [-0.2, 0) is 6.54 Å². The Morgan fingerprint density at radius 3 is 2.78 bits per heavy atom. The molecule has 0 aliphatic heterocycles. The van der Waals surface area contributed by atoms with E-state index in [9.17, 15) is 4.79 Å². The van der Waals surface area contributed by atoms with E-state index in [2.05, 4.69) is 0 Å². The van der Waals surface area contributed by atoms with E-state index in [1.165, 1.54) is 0 Å². The van der Waals surface area contributed by atoms with Gasteiger partial charge in [0.25, 0.3) is 5.91 Å². The first kappa shape index (κ1) is 12.2. The molecule has 0 atom stereocenters. The van der Waals surface area contributed by atoms with Gasteiger partial charge in [0, 0.05) is 18.3 Å². The minimum atomic E-state index is -0.0712. The number of anilines is 1. The number of benzene rings is 1. The van der Waals surface area contributed by atoms with Crippen LogP contribution in [0.5, 0.6) is 0 Å². The van der Waals surface area contributed by atoms with Crippen molar-refractivity contribution in [1.82, 2.24) is 4.90 Å². The molecule has 0 bridgehead atoms. The predicted octanol–water partition coefficient (Wildman–Crippen LogP) is 2.44. The van der Waals surface area contributed by atoms with Gasteiger partial charge in [-0.2, -0.15) is 0 Å². The summed E-state index contributed by atoms with van der Waals surface area (Å²) in [5.74, 6) is 0.684. The lowest BCUT2D eigenvalue weighted by molar-refractivity contribution is 0.0775. The van der Waals surface area contributed by atoms with Crippen molar-refractivity contribution >= 4 is 11.6 Å². The zero-order valence-electron chi connectivity index (χ0n) is 10.5. The Hall–Kier alpha value is -2.23. The summed E-state index contributed by atoms with van der Waals surface area (Å²) in [5.41, 5.74) is 8.00. The SMILES string of the molecule is Cc1ccc(C(=O)N(C)Cc2ccco2)cc1N. The van der Waals surface area contributed by atoms with E-state index in [1.807, 2.05) is 19.1 Å². The molecule has 4 nitrogen and oxygen atoms in total. The molecule has 2 N–H and O–H groups in total. The molecule has 0 radical (unpaired) electrons. The standard InChI is InChI=1S/C14H16N2O2/c1-10-5-6-11(8-13(10)15)14(17)16(2)9-12-4-3-7-18-12/h3-8H,9,15H2,1-2H3. The largest absolute Gasteiger partial charge is 0.467 e. The van der Waals surface area contributed by atoms with Gasteiger partial charge >= 0.3 is 0 Å². The first-order chi connectivity index (χ1) is 8.58. The van der Waals surface area contributed by atoms with E-state index in [0.717, 1.165) is 11.3 Å². The van der Waals surface area contributed by atoms with Gasteiger partial charge in [0.2, 0.25) is 0 Å². The number of carbonyl (C=O) groups excluding carboxylic acids is 1. The molecule has 1 amide bonds. The smallest absolute Gasteiger partial charge is 0.254 e. The van der Waals surface area contributed by atoms with Crippen molar-refractivity contribution in [3.63, 3.8) is 0 Å². The first-order valence-electron chi connectivity index (χ1n) is 5.72. The fraction of sp³-hybridized carbons (Fsp3) is 0.214. The fourth-order valence-electron chi connectivity index (χ4n) is 1.70. The van der Waals surface area contributed by atoms with Crippen LogP contribution in [0.4, 0.5) is 5.69 Å². The van der Waals surface area contributed by atoms with E-state index in [4.69, 9.17) is 10.2 Å². The molecule has 94 valence electrons. The molecule has 0 fully saturated rings. The van der Waals surface area contributed by atoms with Crippen molar-refractivity contribution in [2.45, 2.75) is 13.5 Å². The van der Waals surface area contributed by atoms with Crippen LogP contribution in [0.15, 0.2) is 41.0 Å². The highest BCUT2D eigenvalue weighted by molar-refractivity contribution is 5.95. The van der Waals surface area contributed by atoms with Crippen LogP contribution in [0, 0.1) is 6.92 Å². The Balaban J connectivity index is 2.12. The van der Waals surface area contributed by atoms with Crippen molar-refractivity contribution in [2.75, 3.05) is 12.8 Å². The van der Waals surface area contributed by atoms with E-state index < -0.39 is 0 Å². The molecule has 1 heterocycles. The minimum absolute atomic E-state index is 0.0712. The van der Waals surface area contributed by atoms with Gasteiger partial charge in [0.1, 0.15) is 5.76 Å². The lowest BCUT2D eigenvalue weighted by Gasteiger charge is -2.16. The third kappa shape index (κ3) is 2.53. The maximum Gasteiger partial charge on any atom is 0.254 e. The molecule has 4 heteroatoms. The van der Waals surface area contributed by atoms with Crippen molar-refractivity contribution in [1.29, 1.82) is 0 Å². The van der Waals surface area contributed by atoms with Crippen LogP contribution in [0.25, 0.3) is 0 Å². The highest BCUT2D eigenvalue weighted by Crippen LogP contribution is 2.15. The summed E-state index contributed by atoms with van der Waals surface area (Å²) in [5, 5.41) is 0. The second-order valence-electron chi connectivity index (χ2n) is 4.31. The van der Waals surface area contributed by atoms with Crippen molar-refractivity contribution in [3.05, 3.63) is 53.5 Å². The topological polar surface area (TPSA) is 59.5 Å². The number of nitrogens with zero attached hydrogens (tertiary/aromatic N) is 1. The lowest BCUT2D eigenvalue weighted by atomic mass is 10.1. The molecule has 0 aliphatic carbocycles. The molecule has 0 aliphatic rings.